The number of benzene rings is 1. The predicted octanol–water partition coefficient (Wildman–Crippen LogP) is 3.24. The smallest absolute Gasteiger partial charge is 0.0181 e. The zero-order chi connectivity index (χ0) is 8.81. The second-order valence-corrected chi connectivity index (χ2v) is 3.25. The summed E-state index contributed by atoms with van der Waals surface area (Å²) in [6.07, 6.45) is 4.20. The van der Waals surface area contributed by atoms with E-state index in [0.717, 1.165) is 12.8 Å². The molecule has 0 nitrogen and oxygen atoms in total. The van der Waals surface area contributed by atoms with Gasteiger partial charge in [0.05, 0.1) is 0 Å². The van der Waals surface area contributed by atoms with Gasteiger partial charge in [-0.2, -0.15) is 0 Å². The van der Waals surface area contributed by atoms with Crippen molar-refractivity contribution in [1.82, 2.24) is 0 Å². The quantitative estimate of drug-likeness (QED) is 0.592. The van der Waals surface area contributed by atoms with E-state index in [9.17, 15) is 0 Å². The van der Waals surface area contributed by atoms with Gasteiger partial charge in [0.15, 0.2) is 0 Å². The zero-order valence-electron chi connectivity index (χ0n) is 7.59. The highest BCUT2D eigenvalue weighted by Crippen LogP contribution is 2.10. The van der Waals surface area contributed by atoms with Crippen molar-refractivity contribution in [3.8, 4) is 0 Å². The highest BCUT2D eigenvalue weighted by molar-refractivity contribution is 5.14. The van der Waals surface area contributed by atoms with Crippen molar-refractivity contribution in [2.45, 2.75) is 19.8 Å². The highest BCUT2D eigenvalue weighted by atomic mass is 14.0. The topological polar surface area (TPSA) is 0 Å². The van der Waals surface area contributed by atoms with E-state index in [2.05, 4.69) is 31.7 Å². The Morgan fingerprint density at radius 1 is 1.67 bits per heavy atom. The van der Waals surface area contributed by atoms with E-state index in [4.69, 9.17) is 0 Å². The van der Waals surface area contributed by atoms with Crippen LogP contribution in [0.1, 0.15) is 18.9 Å². The van der Waals surface area contributed by atoms with Gasteiger partial charge in [-0.3, -0.25) is 0 Å². The standard InChI is InChI=1S/C12H15/c1-3-7-11(2)10-12-8-5-4-6-9-12/h3-5,8-9,11H,1,7,10H2,2H3. The average Bonchev–Trinajstić information content (AvgIpc) is 2.06. The summed E-state index contributed by atoms with van der Waals surface area (Å²) in [5.41, 5.74) is 1.37. The van der Waals surface area contributed by atoms with Gasteiger partial charge in [0.25, 0.3) is 0 Å². The van der Waals surface area contributed by atoms with Gasteiger partial charge in [-0.1, -0.05) is 37.3 Å². The molecular weight excluding hydrogens is 144 g/mol. The van der Waals surface area contributed by atoms with Crippen molar-refractivity contribution in [2.24, 2.45) is 5.92 Å². The van der Waals surface area contributed by atoms with Gasteiger partial charge in [0, 0.05) is 0 Å². The van der Waals surface area contributed by atoms with Crippen molar-refractivity contribution in [3.05, 3.63) is 48.6 Å². The van der Waals surface area contributed by atoms with Crippen LogP contribution in [-0.2, 0) is 6.42 Å². The second-order valence-electron chi connectivity index (χ2n) is 3.25. The van der Waals surface area contributed by atoms with Gasteiger partial charge in [-0.25, -0.2) is 0 Å². The van der Waals surface area contributed by atoms with Crippen LogP contribution in [0, 0.1) is 12.0 Å². The Morgan fingerprint density at radius 2 is 2.50 bits per heavy atom. The maximum atomic E-state index is 3.73. The third kappa shape index (κ3) is 2.91. The molecule has 0 fully saturated rings. The molecule has 1 unspecified atom stereocenters. The third-order valence-corrected chi connectivity index (χ3v) is 1.92. The molecule has 1 aromatic carbocycles. The van der Waals surface area contributed by atoms with Gasteiger partial charge >= 0.3 is 0 Å². The fourth-order valence-electron chi connectivity index (χ4n) is 1.33. The van der Waals surface area contributed by atoms with Crippen LogP contribution in [-0.4, -0.2) is 0 Å². The van der Waals surface area contributed by atoms with Crippen LogP contribution in [0.2, 0.25) is 0 Å². The lowest BCUT2D eigenvalue weighted by atomic mass is 9.98. The van der Waals surface area contributed by atoms with Gasteiger partial charge in [-0.05, 0) is 30.4 Å². The first-order valence-electron chi connectivity index (χ1n) is 4.39. The molecule has 0 bridgehead atoms. The first-order valence-corrected chi connectivity index (χ1v) is 4.39. The van der Waals surface area contributed by atoms with Crippen molar-refractivity contribution >= 4 is 0 Å². The molecule has 1 atom stereocenters. The lowest BCUT2D eigenvalue weighted by Crippen LogP contribution is -1.97. The van der Waals surface area contributed by atoms with Crippen molar-refractivity contribution < 1.29 is 0 Å². The average molecular weight is 159 g/mol. The van der Waals surface area contributed by atoms with Gasteiger partial charge in [0.2, 0.25) is 0 Å². The lowest BCUT2D eigenvalue weighted by Gasteiger charge is -2.07. The number of rotatable bonds is 4. The van der Waals surface area contributed by atoms with Crippen LogP contribution >= 0.6 is 0 Å². The van der Waals surface area contributed by atoms with Crippen LogP contribution in [0.25, 0.3) is 0 Å². The SMILES string of the molecule is C=CCC(C)Cc1c[c]ccc1. The summed E-state index contributed by atoms with van der Waals surface area (Å²) in [5, 5.41) is 0. The summed E-state index contributed by atoms with van der Waals surface area (Å²) in [6.45, 7) is 5.98. The summed E-state index contributed by atoms with van der Waals surface area (Å²) in [7, 11) is 0. The van der Waals surface area contributed by atoms with Crippen LogP contribution in [0.4, 0.5) is 0 Å². The lowest BCUT2D eigenvalue weighted by molar-refractivity contribution is 0.590. The normalized spacial score (nSPS) is 12.4. The molecule has 0 saturated carbocycles. The molecular formula is C12H15. The Hall–Kier alpha value is -1.04. The third-order valence-electron chi connectivity index (χ3n) is 1.92. The van der Waals surface area contributed by atoms with E-state index in [0.29, 0.717) is 5.92 Å². The Bertz CT molecular complexity index is 223. The van der Waals surface area contributed by atoms with E-state index in [-0.39, 0.29) is 0 Å². The molecule has 0 heterocycles. The van der Waals surface area contributed by atoms with Gasteiger partial charge in [0.1, 0.15) is 0 Å². The molecule has 0 aliphatic heterocycles. The minimum atomic E-state index is 0.693. The van der Waals surface area contributed by atoms with E-state index >= 15 is 0 Å². The molecule has 0 aliphatic carbocycles. The molecule has 0 spiro atoms. The summed E-state index contributed by atoms with van der Waals surface area (Å²) in [5.74, 6) is 0.693. The van der Waals surface area contributed by atoms with Crippen LogP contribution in [0.3, 0.4) is 0 Å². The molecule has 0 aliphatic rings. The molecule has 0 heteroatoms. The first-order chi connectivity index (χ1) is 5.83. The summed E-state index contributed by atoms with van der Waals surface area (Å²) < 4.78 is 0. The van der Waals surface area contributed by atoms with Crippen LogP contribution in [0.15, 0.2) is 36.9 Å². The number of hydrogen-bond acceptors (Lipinski definition) is 0. The first kappa shape index (κ1) is 9.05. The largest absolute Gasteiger partial charge is 0.103 e. The molecule has 1 radical (unpaired) electrons. The highest BCUT2D eigenvalue weighted by Gasteiger charge is 1.99. The van der Waals surface area contributed by atoms with E-state index in [1.54, 1.807) is 0 Å². The van der Waals surface area contributed by atoms with Crippen molar-refractivity contribution in [1.29, 1.82) is 0 Å². The fourth-order valence-corrected chi connectivity index (χ4v) is 1.33. The summed E-state index contributed by atoms with van der Waals surface area (Å²) in [4.78, 5) is 0. The molecule has 0 amide bonds. The maximum absolute atomic E-state index is 3.73. The Kier molecular flexibility index (Phi) is 3.59. The summed E-state index contributed by atoms with van der Waals surface area (Å²) >= 11 is 0. The van der Waals surface area contributed by atoms with Gasteiger partial charge in [-0.15, -0.1) is 6.58 Å². The Labute approximate surface area is 74.9 Å². The monoisotopic (exact) mass is 159 g/mol. The summed E-state index contributed by atoms with van der Waals surface area (Å²) in [6, 6.07) is 11.3. The second kappa shape index (κ2) is 4.76. The predicted molar refractivity (Wildman–Crippen MR) is 53.0 cm³/mol. The van der Waals surface area contributed by atoms with Crippen molar-refractivity contribution in [3.63, 3.8) is 0 Å². The van der Waals surface area contributed by atoms with E-state index in [1.165, 1.54) is 5.56 Å². The molecule has 0 aromatic heterocycles. The number of hydrogen-bond donors (Lipinski definition) is 0. The van der Waals surface area contributed by atoms with E-state index in [1.807, 2.05) is 18.2 Å². The van der Waals surface area contributed by atoms with Gasteiger partial charge < -0.3 is 0 Å². The minimum Gasteiger partial charge on any atom is -0.103 e. The molecule has 0 N–H and O–H groups in total. The molecule has 1 rings (SSSR count). The fraction of sp³-hybridized carbons (Fsp3) is 0.333. The molecule has 0 saturated heterocycles. The molecule has 1 aromatic rings. The Balaban J connectivity index is 2.46. The van der Waals surface area contributed by atoms with E-state index < -0.39 is 0 Å². The zero-order valence-corrected chi connectivity index (χ0v) is 7.59. The van der Waals surface area contributed by atoms with Crippen LogP contribution < -0.4 is 0 Å². The molecule has 63 valence electrons. The Morgan fingerprint density at radius 3 is 3.08 bits per heavy atom. The number of allylic oxidation sites excluding steroid dienone is 1. The maximum Gasteiger partial charge on any atom is -0.0181 e. The molecule has 12 heavy (non-hydrogen) atoms. The van der Waals surface area contributed by atoms with Crippen LogP contribution in [0.5, 0.6) is 0 Å². The van der Waals surface area contributed by atoms with Crippen molar-refractivity contribution in [2.75, 3.05) is 0 Å². The minimum absolute atomic E-state index is 0.693.